The van der Waals surface area contributed by atoms with E-state index in [4.69, 9.17) is 0 Å². The van der Waals surface area contributed by atoms with E-state index >= 15 is 0 Å². The molecule has 1 saturated heterocycles. The van der Waals surface area contributed by atoms with Gasteiger partial charge >= 0.3 is 0 Å². The van der Waals surface area contributed by atoms with Crippen LogP contribution in [0.2, 0.25) is 0 Å². The molecule has 124 valence electrons. The number of likely N-dealkylation sites (tertiary alicyclic amines) is 1. The van der Waals surface area contributed by atoms with Crippen LogP contribution < -0.4 is 0 Å². The van der Waals surface area contributed by atoms with Crippen LogP contribution in [0.25, 0.3) is 11.0 Å². The first-order valence-corrected chi connectivity index (χ1v) is 8.17. The van der Waals surface area contributed by atoms with Gasteiger partial charge in [-0.2, -0.15) is 5.10 Å². The van der Waals surface area contributed by atoms with Gasteiger partial charge in [0.05, 0.1) is 11.8 Å². The van der Waals surface area contributed by atoms with Crippen molar-refractivity contribution in [2.45, 2.75) is 32.9 Å². The lowest BCUT2D eigenvalue weighted by Crippen LogP contribution is -2.35. The molecule has 2 unspecified atom stereocenters. The van der Waals surface area contributed by atoms with Gasteiger partial charge in [0.15, 0.2) is 5.65 Å². The Morgan fingerprint density at radius 2 is 2.04 bits per heavy atom. The Morgan fingerprint density at radius 3 is 2.65 bits per heavy atom. The van der Waals surface area contributed by atoms with Crippen LogP contribution in [0.4, 0.5) is 0 Å². The van der Waals surface area contributed by atoms with Crippen molar-refractivity contribution in [3.63, 3.8) is 0 Å². The number of nitrogens with zero attached hydrogens (tertiary/aromatic N) is 5. The second-order valence-corrected chi connectivity index (χ2v) is 7.04. The highest BCUT2D eigenvalue weighted by Crippen LogP contribution is 2.23. The first-order valence-electron chi connectivity index (χ1n) is 8.17. The van der Waals surface area contributed by atoms with Gasteiger partial charge in [-0.05, 0) is 39.9 Å². The molecule has 6 heteroatoms. The molecule has 23 heavy (non-hydrogen) atoms. The lowest BCUT2D eigenvalue weighted by Gasteiger charge is -2.22. The summed E-state index contributed by atoms with van der Waals surface area (Å²) in [4.78, 5) is 21.4. The number of rotatable bonds is 3. The topological polar surface area (TPSA) is 54.3 Å². The number of fused-ring (bicyclic) bond motifs is 1. The normalized spacial score (nSPS) is 21.8. The Labute approximate surface area is 137 Å². The number of hydrogen-bond donors (Lipinski definition) is 0. The molecular formula is C17H25N5O. The zero-order valence-electron chi connectivity index (χ0n) is 14.5. The molecule has 2 atom stereocenters. The van der Waals surface area contributed by atoms with Crippen LogP contribution in [-0.4, -0.2) is 63.7 Å². The van der Waals surface area contributed by atoms with Crippen LogP contribution in [0.1, 0.15) is 37.2 Å². The predicted octanol–water partition coefficient (Wildman–Crippen LogP) is 2.03. The molecule has 0 aliphatic carbocycles. The molecule has 3 rings (SSSR count). The molecule has 1 aliphatic heterocycles. The van der Waals surface area contributed by atoms with Crippen molar-refractivity contribution < 1.29 is 4.79 Å². The zero-order valence-corrected chi connectivity index (χ0v) is 14.5. The van der Waals surface area contributed by atoms with E-state index in [-0.39, 0.29) is 11.9 Å². The summed E-state index contributed by atoms with van der Waals surface area (Å²) in [6.45, 7) is 7.91. The van der Waals surface area contributed by atoms with Crippen LogP contribution in [0, 0.1) is 5.92 Å². The second-order valence-electron chi connectivity index (χ2n) is 7.04. The summed E-state index contributed by atoms with van der Waals surface area (Å²) in [7, 11) is 4.14. The summed E-state index contributed by atoms with van der Waals surface area (Å²) < 4.78 is 1.88. The third-order valence-electron chi connectivity index (χ3n) is 4.69. The zero-order chi connectivity index (χ0) is 16.7. The summed E-state index contributed by atoms with van der Waals surface area (Å²) in [5, 5.41) is 5.28. The van der Waals surface area contributed by atoms with Gasteiger partial charge in [0.25, 0.3) is 5.91 Å². The van der Waals surface area contributed by atoms with Crippen molar-refractivity contribution in [2.75, 3.05) is 27.2 Å². The van der Waals surface area contributed by atoms with Crippen LogP contribution in [0.15, 0.2) is 18.5 Å². The molecule has 1 aliphatic rings. The van der Waals surface area contributed by atoms with Gasteiger partial charge in [-0.3, -0.25) is 4.79 Å². The summed E-state index contributed by atoms with van der Waals surface area (Å²) in [6, 6.07) is 2.57. The van der Waals surface area contributed by atoms with Gasteiger partial charge in [-0.1, -0.05) is 6.92 Å². The average Bonchev–Trinajstić information content (AvgIpc) is 3.09. The first kappa shape index (κ1) is 15.9. The van der Waals surface area contributed by atoms with Gasteiger partial charge in [0, 0.05) is 36.8 Å². The van der Waals surface area contributed by atoms with Crippen LogP contribution >= 0.6 is 0 Å². The van der Waals surface area contributed by atoms with Crippen molar-refractivity contribution in [3.05, 3.63) is 24.0 Å². The molecular weight excluding hydrogens is 290 g/mol. The van der Waals surface area contributed by atoms with Crippen LogP contribution in [-0.2, 0) is 0 Å². The third-order valence-corrected chi connectivity index (χ3v) is 4.69. The molecule has 0 radical (unpaired) electrons. The summed E-state index contributed by atoms with van der Waals surface area (Å²) in [5.41, 5.74) is 1.48. The molecule has 0 aromatic carbocycles. The number of aromatic nitrogens is 3. The molecule has 0 saturated carbocycles. The highest BCUT2D eigenvalue weighted by atomic mass is 16.2. The molecule has 1 fully saturated rings. The fourth-order valence-electron chi connectivity index (χ4n) is 3.41. The molecule has 0 spiro atoms. The number of carbonyl (C=O) groups is 1. The van der Waals surface area contributed by atoms with Gasteiger partial charge in [-0.25, -0.2) is 9.67 Å². The third kappa shape index (κ3) is 2.83. The maximum Gasteiger partial charge on any atom is 0.255 e. The molecule has 0 N–H and O–H groups in total. The van der Waals surface area contributed by atoms with Gasteiger partial charge < -0.3 is 9.80 Å². The average molecular weight is 315 g/mol. The fourth-order valence-corrected chi connectivity index (χ4v) is 3.41. The van der Waals surface area contributed by atoms with Gasteiger partial charge in [-0.15, -0.1) is 0 Å². The van der Waals surface area contributed by atoms with Crippen molar-refractivity contribution in [2.24, 2.45) is 5.92 Å². The highest BCUT2D eigenvalue weighted by molar-refractivity contribution is 5.97. The van der Waals surface area contributed by atoms with E-state index in [0.29, 0.717) is 17.5 Å². The molecule has 2 aromatic heterocycles. The second kappa shape index (κ2) is 5.92. The lowest BCUT2D eigenvalue weighted by atomic mass is 10.1. The monoisotopic (exact) mass is 315 g/mol. The number of pyridine rings is 1. The van der Waals surface area contributed by atoms with Crippen molar-refractivity contribution in [3.8, 4) is 0 Å². The Morgan fingerprint density at radius 1 is 1.30 bits per heavy atom. The number of amides is 1. The molecule has 6 nitrogen and oxygen atoms in total. The number of hydrogen-bond acceptors (Lipinski definition) is 4. The highest BCUT2D eigenvalue weighted by Gasteiger charge is 2.34. The minimum absolute atomic E-state index is 0.0629. The molecule has 1 amide bonds. The predicted molar refractivity (Wildman–Crippen MR) is 90.5 cm³/mol. The Hall–Kier alpha value is -1.95. The minimum atomic E-state index is 0.0629. The molecule has 0 bridgehead atoms. The van der Waals surface area contributed by atoms with Crippen LogP contribution in [0.5, 0.6) is 0 Å². The maximum absolute atomic E-state index is 12.8. The van der Waals surface area contributed by atoms with E-state index in [1.54, 1.807) is 12.4 Å². The van der Waals surface area contributed by atoms with E-state index in [9.17, 15) is 4.79 Å². The quantitative estimate of drug-likeness (QED) is 0.870. The lowest BCUT2D eigenvalue weighted by molar-refractivity contribution is 0.0781. The number of carbonyl (C=O) groups excluding carboxylic acids is 1. The summed E-state index contributed by atoms with van der Waals surface area (Å²) >= 11 is 0. The summed E-state index contributed by atoms with van der Waals surface area (Å²) in [6.07, 6.45) is 3.47. The molecule has 2 aromatic rings. The first-order chi connectivity index (χ1) is 10.9. The minimum Gasteiger partial charge on any atom is -0.337 e. The Kier molecular flexibility index (Phi) is 4.10. The van der Waals surface area contributed by atoms with Crippen molar-refractivity contribution >= 4 is 16.9 Å². The largest absolute Gasteiger partial charge is 0.337 e. The standard InChI is InChI=1S/C17H25N5O/c1-11(2)22-16-13(8-19-22)6-14(7-18-16)17(23)21-9-12(3)15(10-21)20(4)5/h6-8,11-12,15H,9-10H2,1-5H3. The van der Waals surface area contributed by atoms with Gasteiger partial charge in [0.2, 0.25) is 0 Å². The van der Waals surface area contributed by atoms with Gasteiger partial charge in [0.1, 0.15) is 0 Å². The maximum atomic E-state index is 12.8. The van der Waals surface area contributed by atoms with E-state index in [0.717, 1.165) is 24.1 Å². The van der Waals surface area contributed by atoms with E-state index < -0.39 is 0 Å². The summed E-state index contributed by atoms with van der Waals surface area (Å²) in [5.74, 6) is 0.544. The number of likely N-dealkylation sites (N-methyl/N-ethyl adjacent to an activating group) is 1. The fraction of sp³-hybridized carbons (Fsp3) is 0.588. The van der Waals surface area contributed by atoms with E-state index in [1.165, 1.54) is 0 Å². The molecule has 3 heterocycles. The Bertz CT molecular complexity index is 721. The SMILES string of the molecule is CC1CN(C(=O)c2cnc3c(cnn3C(C)C)c2)CC1N(C)C. The van der Waals surface area contributed by atoms with E-state index in [2.05, 4.69) is 49.8 Å². The Balaban J connectivity index is 1.85. The van der Waals surface area contributed by atoms with E-state index in [1.807, 2.05) is 15.6 Å². The van der Waals surface area contributed by atoms with Crippen molar-refractivity contribution in [1.29, 1.82) is 0 Å². The van der Waals surface area contributed by atoms with Crippen LogP contribution in [0.3, 0.4) is 0 Å². The van der Waals surface area contributed by atoms with Crippen molar-refractivity contribution in [1.82, 2.24) is 24.6 Å². The smallest absolute Gasteiger partial charge is 0.255 e.